The zero-order valence-corrected chi connectivity index (χ0v) is 16.9. The van der Waals surface area contributed by atoms with Crippen molar-refractivity contribution in [2.45, 2.75) is 39.2 Å². The van der Waals surface area contributed by atoms with Crippen molar-refractivity contribution in [3.05, 3.63) is 41.9 Å². The van der Waals surface area contributed by atoms with Crippen molar-refractivity contribution in [3.63, 3.8) is 0 Å². The minimum Gasteiger partial charge on any atom is -0.491 e. The van der Waals surface area contributed by atoms with Crippen molar-refractivity contribution in [2.24, 2.45) is 0 Å². The van der Waals surface area contributed by atoms with Crippen LogP contribution in [0.25, 0.3) is 17.2 Å². The van der Waals surface area contributed by atoms with Crippen LogP contribution in [0.4, 0.5) is 0 Å². The highest BCUT2D eigenvalue weighted by atomic mass is 16.5. The number of hydrogen-bond acceptors (Lipinski definition) is 5. The quantitative estimate of drug-likeness (QED) is 0.685. The Morgan fingerprint density at radius 2 is 2.07 bits per heavy atom. The van der Waals surface area contributed by atoms with E-state index in [-0.39, 0.29) is 11.9 Å². The zero-order chi connectivity index (χ0) is 20.1. The fourth-order valence-electron chi connectivity index (χ4n) is 4.02. The topological polar surface area (TPSA) is 78.1 Å². The molecule has 3 aromatic rings. The van der Waals surface area contributed by atoms with Gasteiger partial charge in [0.05, 0.1) is 6.61 Å². The first-order valence-corrected chi connectivity index (χ1v) is 10.0. The zero-order valence-electron chi connectivity index (χ0n) is 16.9. The summed E-state index contributed by atoms with van der Waals surface area (Å²) < 4.78 is 9.83. The molecule has 0 spiro atoms. The summed E-state index contributed by atoms with van der Waals surface area (Å²) in [4.78, 5) is 17.8. The third-order valence-corrected chi connectivity index (χ3v) is 5.70. The number of benzene rings is 1. The van der Waals surface area contributed by atoms with Gasteiger partial charge in [0.25, 0.3) is 0 Å². The van der Waals surface area contributed by atoms with E-state index in [1.807, 2.05) is 20.3 Å². The molecule has 2 aliphatic heterocycles. The van der Waals surface area contributed by atoms with Gasteiger partial charge < -0.3 is 9.64 Å². The van der Waals surface area contributed by atoms with E-state index in [9.17, 15) is 4.79 Å². The standard InChI is InChI=1S/C21H24N6O2/c1-13(2)26-21(22-12-23-26)18-9-17-6-7-29-20-5-4-15(8-19(20)27(17)24-18)16-10-25(11-16)14(3)28/h4-5,8-9,12-13,16H,6-7,10-11H2,1-3H3. The summed E-state index contributed by atoms with van der Waals surface area (Å²) in [6.45, 7) is 7.92. The van der Waals surface area contributed by atoms with Crippen LogP contribution in [0.1, 0.15) is 44.0 Å². The summed E-state index contributed by atoms with van der Waals surface area (Å²) >= 11 is 0. The Morgan fingerprint density at radius 3 is 2.83 bits per heavy atom. The third kappa shape index (κ3) is 2.99. The molecule has 8 heteroatoms. The smallest absolute Gasteiger partial charge is 0.219 e. The molecular formula is C21H24N6O2. The van der Waals surface area contributed by atoms with Crippen molar-refractivity contribution >= 4 is 5.91 Å². The van der Waals surface area contributed by atoms with Crippen molar-refractivity contribution in [2.75, 3.05) is 19.7 Å². The molecule has 1 aromatic carbocycles. The Bertz CT molecular complexity index is 1080. The number of amides is 1. The molecule has 0 aliphatic carbocycles. The van der Waals surface area contributed by atoms with Crippen LogP contribution >= 0.6 is 0 Å². The first kappa shape index (κ1) is 17.9. The second-order valence-corrected chi connectivity index (χ2v) is 8.00. The summed E-state index contributed by atoms with van der Waals surface area (Å²) in [7, 11) is 0. The fourth-order valence-corrected chi connectivity index (χ4v) is 4.02. The number of fused-ring (bicyclic) bond motifs is 3. The maximum atomic E-state index is 11.5. The van der Waals surface area contributed by atoms with Crippen molar-refractivity contribution in [1.29, 1.82) is 0 Å². The summed E-state index contributed by atoms with van der Waals surface area (Å²) in [5.41, 5.74) is 4.06. The summed E-state index contributed by atoms with van der Waals surface area (Å²) in [6.07, 6.45) is 2.35. The van der Waals surface area contributed by atoms with Crippen molar-refractivity contribution < 1.29 is 9.53 Å². The van der Waals surface area contributed by atoms with Crippen LogP contribution in [-0.4, -0.2) is 55.0 Å². The van der Waals surface area contributed by atoms with Crippen LogP contribution in [0, 0.1) is 0 Å². The number of ether oxygens (including phenoxy) is 1. The van der Waals surface area contributed by atoms with Gasteiger partial charge in [-0.2, -0.15) is 10.2 Å². The maximum absolute atomic E-state index is 11.5. The van der Waals surface area contributed by atoms with E-state index >= 15 is 0 Å². The molecule has 0 N–H and O–H groups in total. The molecule has 0 unspecified atom stereocenters. The Morgan fingerprint density at radius 1 is 1.24 bits per heavy atom. The minimum atomic E-state index is 0.132. The van der Waals surface area contributed by atoms with E-state index in [2.05, 4.69) is 42.1 Å². The van der Waals surface area contributed by atoms with Gasteiger partial charge in [-0.15, -0.1) is 0 Å². The first-order valence-electron chi connectivity index (χ1n) is 10.0. The van der Waals surface area contributed by atoms with Gasteiger partial charge in [-0.3, -0.25) is 4.79 Å². The first-order chi connectivity index (χ1) is 14.0. The molecule has 5 rings (SSSR count). The van der Waals surface area contributed by atoms with Gasteiger partial charge in [-0.1, -0.05) is 6.07 Å². The second kappa shape index (κ2) is 6.72. The highest BCUT2D eigenvalue weighted by molar-refractivity contribution is 5.74. The maximum Gasteiger partial charge on any atom is 0.219 e. The lowest BCUT2D eigenvalue weighted by molar-refractivity contribution is -0.133. The van der Waals surface area contributed by atoms with Crippen molar-refractivity contribution in [3.8, 4) is 23.0 Å². The molecule has 150 valence electrons. The molecule has 0 atom stereocenters. The van der Waals surface area contributed by atoms with Crippen LogP contribution in [0.15, 0.2) is 30.6 Å². The van der Waals surface area contributed by atoms with Gasteiger partial charge in [0.2, 0.25) is 5.91 Å². The molecule has 29 heavy (non-hydrogen) atoms. The Balaban J connectivity index is 1.53. The summed E-state index contributed by atoms with van der Waals surface area (Å²) in [5, 5.41) is 9.21. The summed E-state index contributed by atoms with van der Waals surface area (Å²) in [6, 6.07) is 8.56. The molecule has 1 saturated heterocycles. The van der Waals surface area contributed by atoms with Gasteiger partial charge in [0.1, 0.15) is 23.5 Å². The largest absolute Gasteiger partial charge is 0.491 e. The molecule has 2 aromatic heterocycles. The number of carbonyl (C=O) groups excluding carboxylic acids is 1. The molecule has 2 aliphatic rings. The van der Waals surface area contributed by atoms with E-state index in [1.54, 1.807) is 13.3 Å². The van der Waals surface area contributed by atoms with Crippen LogP contribution in [0.5, 0.6) is 5.75 Å². The predicted octanol–water partition coefficient (Wildman–Crippen LogP) is 2.59. The Kier molecular flexibility index (Phi) is 4.15. The average molecular weight is 392 g/mol. The van der Waals surface area contributed by atoms with Crippen LogP contribution in [-0.2, 0) is 11.2 Å². The minimum absolute atomic E-state index is 0.132. The van der Waals surface area contributed by atoms with Crippen LogP contribution < -0.4 is 4.74 Å². The Labute approximate surface area is 169 Å². The third-order valence-electron chi connectivity index (χ3n) is 5.70. The monoisotopic (exact) mass is 392 g/mol. The van der Waals surface area contributed by atoms with Crippen LogP contribution in [0.3, 0.4) is 0 Å². The average Bonchev–Trinajstić information content (AvgIpc) is 3.25. The fraction of sp³-hybridized carbons (Fsp3) is 0.429. The predicted molar refractivity (Wildman–Crippen MR) is 107 cm³/mol. The van der Waals surface area contributed by atoms with Crippen molar-refractivity contribution in [1.82, 2.24) is 29.4 Å². The van der Waals surface area contributed by atoms with E-state index in [0.29, 0.717) is 12.5 Å². The molecule has 0 radical (unpaired) electrons. The van der Waals surface area contributed by atoms with Gasteiger partial charge in [0.15, 0.2) is 5.82 Å². The van der Waals surface area contributed by atoms with E-state index < -0.39 is 0 Å². The number of hydrogen-bond donors (Lipinski definition) is 0. The normalized spacial score (nSPS) is 16.1. The van der Waals surface area contributed by atoms with E-state index in [4.69, 9.17) is 9.84 Å². The molecule has 0 bridgehead atoms. The SMILES string of the molecule is CC(=O)N1CC(c2ccc3c(c2)-n2nc(-c4ncnn4C(C)C)cc2CCO3)C1. The lowest BCUT2D eigenvalue weighted by Crippen LogP contribution is -2.47. The van der Waals surface area contributed by atoms with Gasteiger partial charge >= 0.3 is 0 Å². The lowest BCUT2D eigenvalue weighted by atomic mass is 9.91. The lowest BCUT2D eigenvalue weighted by Gasteiger charge is -2.39. The van der Waals surface area contributed by atoms with Gasteiger partial charge in [-0.25, -0.2) is 14.3 Å². The molecule has 0 saturated carbocycles. The van der Waals surface area contributed by atoms with Gasteiger partial charge in [0, 0.05) is 44.1 Å². The van der Waals surface area contributed by atoms with Gasteiger partial charge in [-0.05, 0) is 37.6 Å². The number of rotatable bonds is 3. The van der Waals surface area contributed by atoms with E-state index in [0.717, 1.165) is 48.2 Å². The molecule has 8 nitrogen and oxygen atoms in total. The molecule has 4 heterocycles. The molecule has 1 amide bonds. The van der Waals surface area contributed by atoms with Crippen LogP contribution in [0.2, 0.25) is 0 Å². The molecular weight excluding hydrogens is 368 g/mol. The summed E-state index contributed by atoms with van der Waals surface area (Å²) in [5.74, 6) is 2.09. The highest BCUT2D eigenvalue weighted by Gasteiger charge is 2.31. The second-order valence-electron chi connectivity index (χ2n) is 8.00. The number of nitrogens with zero attached hydrogens (tertiary/aromatic N) is 6. The number of likely N-dealkylation sites (tertiary alicyclic amines) is 1. The highest BCUT2D eigenvalue weighted by Crippen LogP contribution is 2.35. The number of carbonyl (C=O) groups is 1. The van der Waals surface area contributed by atoms with E-state index in [1.165, 1.54) is 5.56 Å². The molecule has 1 fully saturated rings. The number of aromatic nitrogens is 5. The Hall–Kier alpha value is -3.16.